The van der Waals surface area contributed by atoms with Gasteiger partial charge >= 0.3 is 0 Å². The molecule has 2 heterocycles. The summed E-state index contributed by atoms with van der Waals surface area (Å²) in [5, 5.41) is 69.1. The van der Waals surface area contributed by atoms with Crippen molar-refractivity contribution in [3.05, 3.63) is 41.0 Å². The Labute approximate surface area is 352 Å². The molecule has 11 nitrogen and oxygen atoms in total. The Morgan fingerprint density at radius 3 is 2.45 bits per heavy atom. The number of phenols is 2. The molecule has 2 aliphatic carbocycles. The van der Waals surface area contributed by atoms with Gasteiger partial charge in [0.1, 0.15) is 6.79 Å². The highest BCUT2D eigenvalue weighted by molar-refractivity contribution is 8.76. The van der Waals surface area contributed by atoms with Gasteiger partial charge in [-0.15, -0.1) is 5.92 Å². The van der Waals surface area contributed by atoms with E-state index in [1.807, 2.05) is 6.07 Å². The number of nitrogens with one attached hydrogen (secondary N) is 1. The van der Waals surface area contributed by atoms with E-state index in [1.165, 1.54) is 48.6 Å². The molecular weight excluding hydrogens is 779 g/mol. The third-order valence-corrected chi connectivity index (χ3v) is 15.9. The molecular formula is C45H65NO10S2. The lowest BCUT2D eigenvalue weighted by molar-refractivity contribution is -0.0808. The Kier molecular flexibility index (Phi) is 16.5. The predicted molar refractivity (Wildman–Crippen MR) is 228 cm³/mol. The maximum Gasteiger partial charge on any atom is 0.200 e. The van der Waals surface area contributed by atoms with Crippen molar-refractivity contribution in [1.29, 1.82) is 0 Å². The molecule has 322 valence electrons. The first-order valence-electron chi connectivity index (χ1n) is 21.2. The summed E-state index contributed by atoms with van der Waals surface area (Å²) in [6, 6.07) is 7.08. The summed E-state index contributed by atoms with van der Waals surface area (Å²) in [4.78, 5) is 0. The average molecular weight is 844 g/mol. The Balaban J connectivity index is 1.26. The standard InChI is InChI=1S/C45H65NO10S2/c1-28-7-6-14-45(24-28)13-4-5-15-46-25-31-9-11-33(21-36(31)45)56-40-20-30-8-10-32(55-27-48)22-37(49)35(17-29-18-41(53-2)44(52)42(19-29)54-3)39(51)26-57-58-43(12-16-47)34(30)23-38(40)50/h18-20,23,28,31-33,35-37,39,43,46-52H,5-12,14-17,21-22,24-27H2,1-3H3. The Hall–Kier alpha value is -2.54. The van der Waals surface area contributed by atoms with Crippen molar-refractivity contribution in [3.63, 3.8) is 0 Å². The molecule has 1 spiro atoms. The maximum absolute atomic E-state index is 11.7. The summed E-state index contributed by atoms with van der Waals surface area (Å²) in [5.74, 6) is 9.45. The molecule has 4 aliphatic rings. The number of aromatic hydroxyl groups is 2. The van der Waals surface area contributed by atoms with E-state index in [4.69, 9.17) is 18.9 Å². The van der Waals surface area contributed by atoms with Crippen molar-refractivity contribution in [2.75, 3.05) is 46.5 Å². The van der Waals surface area contributed by atoms with E-state index >= 15 is 0 Å². The average Bonchev–Trinajstić information content (AvgIpc) is 3.29. The van der Waals surface area contributed by atoms with Gasteiger partial charge in [0.05, 0.1) is 38.6 Å². The number of phenolic OH excluding ortho intramolecular Hbond substituents is 2. The van der Waals surface area contributed by atoms with Crippen molar-refractivity contribution in [3.8, 4) is 40.6 Å². The normalized spacial score (nSPS) is 32.3. The van der Waals surface area contributed by atoms with Crippen LogP contribution in [0.15, 0.2) is 24.3 Å². The first-order valence-corrected chi connectivity index (χ1v) is 23.6. The molecule has 2 saturated carbocycles. The van der Waals surface area contributed by atoms with Crippen LogP contribution in [0.2, 0.25) is 0 Å². The lowest BCUT2D eigenvalue weighted by Crippen LogP contribution is -2.46. The summed E-state index contributed by atoms with van der Waals surface area (Å²) in [6.45, 7) is 3.69. The van der Waals surface area contributed by atoms with E-state index in [2.05, 4.69) is 24.1 Å². The number of rotatable bonds is 10. The van der Waals surface area contributed by atoms with E-state index in [0.717, 1.165) is 62.7 Å². The Morgan fingerprint density at radius 2 is 1.72 bits per heavy atom. The molecule has 6 rings (SSSR count). The number of benzene rings is 2. The zero-order valence-electron chi connectivity index (χ0n) is 34.4. The third kappa shape index (κ3) is 11.0. The van der Waals surface area contributed by atoms with Gasteiger partial charge in [0, 0.05) is 41.9 Å². The molecule has 10 atom stereocenters. The second-order valence-electron chi connectivity index (χ2n) is 17.0. The fourth-order valence-corrected chi connectivity index (χ4v) is 13.0. The fraction of sp³-hybridized carbons (Fsp3) is 0.689. The Morgan fingerprint density at radius 1 is 0.931 bits per heavy atom. The lowest BCUT2D eigenvalue weighted by atomic mass is 9.56. The van der Waals surface area contributed by atoms with Crippen molar-refractivity contribution in [2.45, 2.75) is 120 Å². The molecule has 0 bridgehead atoms. The molecule has 10 unspecified atom stereocenters. The minimum absolute atomic E-state index is 0.00773. The van der Waals surface area contributed by atoms with Crippen LogP contribution in [0.1, 0.15) is 99.5 Å². The van der Waals surface area contributed by atoms with Crippen molar-refractivity contribution in [2.24, 2.45) is 29.1 Å². The van der Waals surface area contributed by atoms with Crippen LogP contribution in [0.5, 0.6) is 28.7 Å². The summed E-state index contributed by atoms with van der Waals surface area (Å²) in [5.41, 5.74) is 2.52. The lowest BCUT2D eigenvalue weighted by Gasteiger charge is -2.49. The smallest absolute Gasteiger partial charge is 0.200 e. The van der Waals surface area contributed by atoms with E-state index < -0.39 is 31.0 Å². The van der Waals surface area contributed by atoms with E-state index in [0.29, 0.717) is 48.3 Å². The number of aliphatic hydroxyl groups excluding tert-OH is 4. The molecule has 2 aromatic carbocycles. The zero-order chi connectivity index (χ0) is 41.2. The molecule has 0 radical (unpaired) electrons. The van der Waals surface area contributed by atoms with Crippen LogP contribution in [-0.2, 0) is 17.6 Å². The zero-order valence-corrected chi connectivity index (χ0v) is 36.0. The predicted octanol–water partition coefficient (Wildman–Crippen LogP) is 6.53. The van der Waals surface area contributed by atoms with Gasteiger partial charge < -0.3 is 54.9 Å². The van der Waals surface area contributed by atoms with Gasteiger partial charge in [0.15, 0.2) is 23.0 Å². The monoisotopic (exact) mass is 843 g/mol. The molecule has 7 N–H and O–H groups in total. The molecule has 58 heavy (non-hydrogen) atoms. The SMILES string of the molecule is COc1cc(CC2C(O)CSSC(CCO)c3cc(O)c(OC4CCC5CNCCC#CC6(CCCC(C)C6)C5C4)cc3CCC(OCO)CC2O)cc(OC)c1O. The fourth-order valence-electron chi connectivity index (χ4n) is 10.1. The quantitative estimate of drug-likeness (QED) is 0.0784. The summed E-state index contributed by atoms with van der Waals surface area (Å²) in [6.07, 6.45) is 7.66. The maximum atomic E-state index is 11.7. The van der Waals surface area contributed by atoms with Crippen molar-refractivity contribution < 1.29 is 49.6 Å². The molecule has 2 fully saturated rings. The van der Waals surface area contributed by atoms with Crippen LogP contribution < -0.4 is 19.5 Å². The van der Waals surface area contributed by atoms with E-state index in [9.17, 15) is 30.6 Å². The molecule has 2 aliphatic heterocycles. The van der Waals surface area contributed by atoms with Gasteiger partial charge in [-0.05, 0) is 129 Å². The Bertz CT molecular complexity index is 1680. The number of methoxy groups -OCH3 is 2. The number of hydrogen-bond acceptors (Lipinski definition) is 13. The summed E-state index contributed by atoms with van der Waals surface area (Å²) < 4.78 is 23.4. The van der Waals surface area contributed by atoms with Gasteiger partial charge in [-0.2, -0.15) is 0 Å². The number of hydrogen-bond donors (Lipinski definition) is 7. The van der Waals surface area contributed by atoms with Gasteiger partial charge in [0.2, 0.25) is 5.75 Å². The number of aryl methyl sites for hydroxylation is 1. The van der Waals surface area contributed by atoms with Gasteiger partial charge in [0.25, 0.3) is 0 Å². The highest BCUT2D eigenvalue weighted by atomic mass is 33.1. The number of ether oxygens (including phenoxy) is 4. The summed E-state index contributed by atoms with van der Waals surface area (Å²) >= 11 is 0. The van der Waals surface area contributed by atoms with E-state index in [-0.39, 0.29) is 65.0 Å². The minimum atomic E-state index is -1.00. The van der Waals surface area contributed by atoms with E-state index in [1.54, 1.807) is 18.2 Å². The third-order valence-electron chi connectivity index (χ3n) is 13.1. The largest absolute Gasteiger partial charge is 0.504 e. The molecule has 13 heteroatoms. The number of fused-ring (bicyclic) bond motifs is 3. The van der Waals surface area contributed by atoms with Crippen LogP contribution in [-0.4, -0.2) is 102 Å². The highest BCUT2D eigenvalue weighted by Crippen LogP contribution is 2.53. The van der Waals surface area contributed by atoms with Crippen molar-refractivity contribution >= 4 is 21.6 Å². The van der Waals surface area contributed by atoms with Gasteiger partial charge in [-0.1, -0.05) is 47.3 Å². The van der Waals surface area contributed by atoms with Crippen LogP contribution >= 0.6 is 21.6 Å². The van der Waals surface area contributed by atoms with Crippen LogP contribution in [0.3, 0.4) is 0 Å². The topological polar surface area (TPSA) is 170 Å². The van der Waals surface area contributed by atoms with Gasteiger partial charge in [-0.3, -0.25) is 0 Å². The second kappa shape index (κ2) is 21.3. The molecule has 0 aromatic heterocycles. The number of aliphatic hydroxyl groups is 4. The summed E-state index contributed by atoms with van der Waals surface area (Å²) in [7, 11) is 5.89. The molecule has 0 saturated heterocycles. The molecule has 2 aromatic rings. The highest BCUT2D eigenvalue weighted by Gasteiger charge is 2.47. The molecule has 0 amide bonds. The van der Waals surface area contributed by atoms with Crippen molar-refractivity contribution in [1.82, 2.24) is 5.32 Å². The van der Waals surface area contributed by atoms with Crippen LogP contribution in [0, 0.1) is 40.9 Å². The van der Waals surface area contributed by atoms with Gasteiger partial charge in [-0.25, -0.2) is 0 Å². The minimum Gasteiger partial charge on any atom is -0.504 e. The second-order valence-corrected chi connectivity index (χ2v) is 19.6. The first kappa shape index (κ1) is 45.0. The van der Waals surface area contributed by atoms with Crippen LogP contribution in [0.4, 0.5) is 0 Å². The first-order chi connectivity index (χ1) is 28.1. The van der Waals surface area contributed by atoms with Crippen LogP contribution in [0.25, 0.3) is 0 Å².